The van der Waals surface area contributed by atoms with Gasteiger partial charge in [0.05, 0.1) is 12.8 Å². The number of aryl methyl sites for hydroxylation is 1. The molecule has 1 aliphatic heterocycles. The number of furan rings is 1. The second kappa shape index (κ2) is 9.35. The molecule has 2 amide bonds. The van der Waals surface area contributed by atoms with E-state index in [1.807, 2.05) is 59.2 Å². The molecule has 0 fully saturated rings. The summed E-state index contributed by atoms with van der Waals surface area (Å²) in [5.74, 6) is 0.0211. The molecular formula is C26H25N5O3. The van der Waals surface area contributed by atoms with E-state index in [0.29, 0.717) is 38.2 Å². The fourth-order valence-corrected chi connectivity index (χ4v) is 4.36. The third-order valence-corrected chi connectivity index (χ3v) is 6.13. The molecule has 5 rings (SSSR count). The number of fused-ring (bicyclic) bond motifs is 1. The van der Waals surface area contributed by atoms with Gasteiger partial charge >= 0.3 is 0 Å². The van der Waals surface area contributed by atoms with Gasteiger partial charge in [-0.1, -0.05) is 12.1 Å². The molecule has 1 N–H and O–H groups in total. The van der Waals surface area contributed by atoms with Crippen LogP contribution in [0.2, 0.25) is 0 Å². The van der Waals surface area contributed by atoms with Crippen LogP contribution in [0.4, 0.5) is 0 Å². The van der Waals surface area contributed by atoms with E-state index in [1.165, 1.54) is 6.26 Å². The first-order valence-electron chi connectivity index (χ1n) is 11.2. The summed E-state index contributed by atoms with van der Waals surface area (Å²) >= 11 is 0. The molecule has 0 unspecified atom stereocenters. The molecule has 34 heavy (non-hydrogen) atoms. The average Bonchev–Trinajstić information content (AvgIpc) is 3.57. The van der Waals surface area contributed by atoms with Crippen molar-refractivity contribution in [3.05, 3.63) is 107 Å². The smallest absolute Gasteiger partial charge is 0.287 e. The van der Waals surface area contributed by atoms with Gasteiger partial charge in [0.15, 0.2) is 5.76 Å². The van der Waals surface area contributed by atoms with Crippen molar-refractivity contribution < 1.29 is 14.0 Å². The Morgan fingerprint density at radius 1 is 1.18 bits per heavy atom. The van der Waals surface area contributed by atoms with Crippen LogP contribution in [0.1, 0.15) is 48.9 Å². The largest absolute Gasteiger partial charge is 0.459 e. The fraction of sp³-hybridized carbons (Fsp3) is 0.231. The van der Waals surface area contributed by atoms with E-state index in [0.717, 1.165) is 27.9 Å². The van der Waals surface area contributed by atoms with E-state index >= 15 is 0 Å². The topological polar surface area (TPSA) is 93.3 Å². The maximum atomic E-state index is 13.3. The molecule has 3 aromatic heterocycles. The van der Waals surface area contributed by atoms with Crippen LogP contribution < -0.4 is 5.32 Å². The van der Waals surface area contributed by atoms with Crippen molar-refractivity contribution in [2.75, 3.05) is 6.54 Å². The average molecular weight is 456 g/mol. The van der Waals surface area contributed by atoms with Gasteiger partial charge in [-0.05, 0) is 65.9 Å². The Kier molecular flexibility index (Phi) is 5.95. The van der Waals surface area contributed by atoms with Crippen LogP contribution in [0, 0.1) is 6.92 Å². The van der Waals surface area contributed by atoms with Crippen LogP contribution in [0.25, 0.3) is 0 Å². The monoisotopic (exact) mass is 455 g/mol. The lowest BCUT2D eigenvalue weighted by Crippen LogP contribution is -2.37. The highest BCUT2D eigenvalue weighted by Gasteiger charge is 2.25. The molecule has 8 nitrogen and oxygen atoms in total. The van der Waals surface area contributed by atoms with Gasteiger partial charge in [0.2, 0.25) is 0 Å². The number of carbonyl (C=O) groups is 2. The molecule has 0 radical (unpaired) electrons. The number of hydrogen-bond donors (Lipinski definition) is 1. The molecule has 172 valence electrons. The van der Waals surface area contributed by atoms with Crippen molar-refractivity contribution >= 4 is 11.8 Å². The predicted octanol–water partition coefficient (Wildman–Crippen LogP) is 3.36. The number of carbonyl (C=O) groups excluding carboxylic acids is 2. The lowest BCUT2D eigenvalue weighted by atomic mass is 9.94. The molecule has 4 heterocycles. The minimum atomic E-state index is -0.260. The lowest BCUT2D eigenvalue weighted by molar-refractivity contribution is 0.0734. The zero-order chi connectivity index (χ0) is 23.5. The Morgan fingerprint density at radius 2 is 2.09 bits per heavy atom. The Morgan fingerprint density at radius 3 is 2.88 bits per heavy atom. The van der Waals surface area contributed by atoms with E-state index in [2.05, 4.69) is 15.4 Å². The third-order valence-electron chi connectivity index (χ3n) is 6.13. The zero-order valence-electron chi connectivity index (χ0n) is 18.9. The number of benzene rings is 1. The van der Waals surface area contributed by atoms with Crippen LogP contribution in [0.3, 0.4) is 0 Å². The Balaban J connectivity index is 1.30. The summed E-state index contributed by atoms with van der Waals surface area (Å²) in [4.78, 5) is 32.0. The highest BCUT2D eigenvalue weighted by atomic mass is 16.3. The Bertz CT molecular complexity index is 1310. The van der Waals surface area contributed by atoms with E-state index in [1.54, 1.807) is 18.3 Å². The summed E-state index contributed by atoms with van der Waals surface area (Å²) in [6, 6.07) is 12.9. The van der Waals surface area contributed by atoms with Crippen LogP contribution in [0.5, 0.6) is 0 Å². The van der Waals surface area contributed by atoms with Crippen molar-refractivity contribution in [3.63, 3.8) is 0 Å². The van der Waals surface area contributed by atoms with Crippen molar-refractivity contribution in [1.29, 1.82) is 0 Å². The number of pyridine rings is 1. The van der Waals surface area contributed by atoms with Crippen molar-refractivity contribution in [1.82, 2.24) is 25.0 Å². The highest BCUT2D eigenvalue weighted by Crippen LogP contribution is 2.25. The van der Waals surface area contributed by atoms with Crippen LogP contribution in [0.15, 0.2) is 71.7 Å². The van der Waals surface area contributed by atoms with E-state index in [9.17, 15) is 9.59 Å². The van der Waals surface area contributed by atoms with Gasteiger partial charge in [-0.15, -0.1) is 0 Å². The van der Waals surface area contributed by atoms with Crippen LogP contribution >= 0.6 is 0 Å². The third kappa shape index (κ3) is 4.47. The Hall–Kier alpha value is -4.20. The minimum absolute atomic E-state index is 0.00112. The van der Waals surface area contributed by atoms with Gasteiger partial charge in [-0.3, -0.25) is 19.3 Å². The number of rotatable bonds is 6. The summed E-state index contributed by atoms with van der Waals surface area (Å²) in [7, 11) is 0. The van der Waals surface area contributed by atoms with Gasteiger partial charge < -0.3 is 14.6 Å². The molecule has 0 aliphatic carbocycles. The predicted molar refractivity (Wildman–Crippen MR) is 125 cm³/mol. The normalized spacial score (nSPS) is 12.9. The molecule has 0 saturated heterocycles. The number of nitrogens with one attached hydrogen (secondary N) is 1. The first-order valence-corrected chi connectivity index (χ1v) is 11.2. The SMILES string of the molecule is Cc1ncc2c(c1CNC(=O)c1ccco1)CCN(C(=O)c1cccc(Cn3cccn3)c1)C2. The summed E-state index contributed by atoms with van der Waals surface area (Å²) in [5, 5.41) is 7.16. The molecule has 4 aromatic rings. The van der Waals surface area contributed by atoms with E-state index in [4.69, 9.17) is 4.42 Å². The summed E-state index contributed by atoms with van der Waals surface area (Å²) < 4.78 is 7.00. The molecule has 0 spiro atoms. The maximum absolute atomic E-state index is 13.3. The quantitative estimate of drug-likeness (QED) is 0.481. The standard InChI is InChI=1S/C26H25N5O3/c1-18-23(15-28-25(32)24-7-3-12-34-24)22-8-11-30(17-21(22)14-27-18)26(33)20-6-2-5-19(13-20)16-31-10-4-9-29-31/h2-7,9-10,12-14H,8,11,15-17H2,1H3,(H,28,32). The van der Waals surface area contributed by atoms with Gasteiger partial charge in [0, 0.05) is 49.5 Å². The first kappa shape index (κ1) is 21.6. The maximum Gasteiger partial charge on any atom is 0.287 e. The van der Waals surface area contributed by atoms with Crippen LogP contribution in [-0.4, -0.2) is 38.0 Å². The fourth-order valence-electron chi connectivity index (χ4n) is 4.36. The molecule has 1 aromatic carbocycles. The van der Waals surface area contributed by atoms with Gasteiger partial charge in [-0.25, -0.2) is 0 Å². The molecule has 0 bridgehead atoms. The zero-order valence-corrected chi connectivity index (χ0v) is 18.9. The molecule has 8 heteroatoms. The Labute approximate surface area is 197 Å². The van der Waals surface area contributed by atoms with Gasteiger partial charge in [0.1, 0.15) is 0 Å². The van der Waals surface area contributed by atoms with Crippen LogP contribution in [-0.2, 0) is 26.1 Å². The first-order chi connectivity index (χ1) is 16.6. The molecule has 0 atom stereocenters. The van der Waals surface area contributed by atoms with E-state index < -0.39 is 0 Å². The van der Waals surface area contributed by atoms with Crippen molar-refractivity contribution in [2.45, 2.75) is 33.0 Å². The lowest BCUT2D eigenvalue weighted by Gasteiger charge is -2.30. The van der Waals surface area contributed by atoms with Crippen molar-refractivity contribution in [2.24, 2.45) is 0 Å². The van der Waals surface area contributed by atoms with E-state index in [-0.39, 0.29) is 17.6 Å². The minimum Gasteiger partial charge on any atom is -0.459 e. The summed E-state index contributed by atoms with van der Waals surface area (Å²) in [6.07, 6.45) is 7.68. The molecule has 0 saturated carbocycles. The second-order valence-corrected chi connectivity index (χ2v) is 8.37. The number of amides is 2. The number of nitrogens with zero attached hydrogens (tertiary/aromatic N) is 4. The summed E-state index contributed by atoms with van der Waals surface area (Å²) in [5.41, 5.74) is 5.75. The number of hydrogen-bond acceptors (Lipinski definition) is 5. The van der Waals surface area contributed by atoms with Gasteiger partial charge in [-0.2, -0.15) is 5.10 Å². The molecule has 1 aliphatic rings. The van der Waals surface area contributed by atoms with Gasteiger partial charge in [0.25, 0.3) is 11.8 Å². The summed E-state index contributed by atoms with van der Waals surface area (Å²) in [6.45, 7) is 4.03. The molecular weight excluding hydrogens is 430 g/mol. The second-order valence-electron chi connectivity index (χ2n) is 8.37. The highest BCUT2D eigenvalue weighted by molar-refractivity contribution is 5.94. The van der Waals surface area contributed by atoms with Crippen molar-refractivity contribution in [3.8, 4) is 0 Å². The number of aromatic nitrogens is 3.